The maximum Gasteiger partial charge on any atom is 0.334 e. The highest BCUT2D eigenvalue weighted by molar-refractivity contribution is 6.30. The van der Waals surface area contributed by atoms with E-state index in [2.05, 4.69) is 11.6 Å². The minimum Gasteiger partial charge on any atom is -0.464 e. The third-order valence-corrected chi connectivity index (χ3v) is 3.46. The second kappa shape index (κ2) is 5.57. The van der Waals surface area contributed by atoms with E-state index in [4.69, 9.17) is 16.3 Å². The molecule has 0 bridgehead atoms. The molecule has 0 spiro atoms. The number of esters is 1. The molecule has 1 saturated carbocycles. The van der Waals surface area contributed by atoms with Gasteiger partial charge in [0, 0.05) is 17.2 Å². The first-order valence-corrected chi connectivity index (χ1v) is 6.60. The van der Waals surface area contributed by atoms with Crippen LogP contribution in [0, 0.1) is 5.92 Å². The quantitative estimate of drug-likeness (QED) is 0.471. The molecule has 1 aromatic carbocycles. The number of halogens is 1. The third-order valence-electron chi connectivity index (χ3n) is 3.21. The summed E-state index contributed by atoms with van der Waals surface area (Å²) in [5.74, 6) is -0.208. The zero-order valence-corrected chi connectivity index (χ0v) is 11.6. The van der Waals surface area contributed by atoms with Crippen LogP contribution in [-0.2, 0) is 9.53 Å². The van der Waals surface area contributed by atoms with Crippen LogP contribution in [0.2, 0.25) is 5.02 Å². The summed E-state index contributed by atoms with van der Waals surface area (Å²) < 4.78 is 5.09. The first-order valence-electron chi connectivity index (χ1n) is 6.23. The lowest BCUT2D eigenvalue weighted by Crippen LogP contribution is -2.25. The first kappa shape index (κ1) is 13.8. The van der Waals surface area contributed by atoms with Crippen LogP contribution >= 0.6 is 11.6 Å². The van der Waals surface area contributed by atoms with Gasteiger partial charge in [0.25, 0.3) is 0 Å². The van der Waals surface area contributed by atoms with Crippen LogP contribution in [0.15, 0.2) is 41.9 Å². The minimum atomic E-state index is -0.766. The van der Waals surface area contributed by atoms with E-state index < -0.39 is 5.54 Å². The van der Waals surface area contributed by atoms with E-state index in [1.54, 1.807) is 31.3 Å². The Labute approximate surface area is 117 Å². The van der Waals surface area contributed by atoms with Crippen molar-refractivity contribution in [2.45, 2.75) is 18.9 Å². The van der Waals surface area contributed by atoms with Gasteiger partial charge in [0.1, 0.15) is 0 Å². The van der Waals surface area contributed by atoms with Crippen LogP contribution in [0.3, 0.4) is 0 Å². The normalized spacial score (nSPS) is 25.3. The molecule has 1 aliphatic carbocycles. The van der Waals surface area contributed by atoms with Crippen LogP contribution in [0.5, 0.6) is 0 Å². The van der Waals surface area contributed by atoms with Gasteiger partial charge in [0.2, 0.25) is 0 Å². The van der Waals surface area contributed by atoms with Gasteiger partial charge in [-0.2, -0.15) is 0 Å². The summed E-state index contributed by atoms with van der Waals surface area (Å²) in [5, 5.41) is 0.674. The lowest BCUT2D eigenvalue weighted by molar-refractivity contribution is -0.146. The van der Waals surface area contributed by atoms with E-state index >= 15 is 0 Å². The van der Waals surface area contributed by atoms with Crippen molar-refractivity contribution in [2.75, 3.05) is 6.61 Å². The molecule has 0 unspecified atom stereocenters. The number of hydrogen-bond acceptors (Lipinski definition) is 3. The van der Waals surface area contributed by atoms with Gasteiger partial charge >= 0.3 is 5.97 Å². The first-order chi connectivity index (χ1) is 9.12. The molecule has 0 N–H and O–H groups in total. The molecule has 0 aliphatic heterocycles. The van der Waals surface area contributed by atoms with Crippen molar-refractivity contribution in [2.24, 2.45) is 10.9 Å². The van der Waals surface area contributed by atoms with Crippen molar-refractivity contribution >= 4 is 23.8 Å². The summed E-state index contributed by atoms with van der Waals surface area (Å²) in [6, 6.07) is 7.29. The van der Waals surface area contributed by atoms with Gasteiger partial charge < -0.3 is 4.74 Å². The van der Waals surface area contributed by atoms with Gasteiger partial charge in [0.15, 0.2) is 5.54 Å². The fraction of sp³-hybridized carbons (Fsp3) is 0.333. The number of carbonyl (C=O) groups excluding carboxylic acids is 1. The van der Waals surface area contributed by atoms with Crippen molar-refractivity contribution in [1.82, 2.24) is 0 Å². The Morgan fingerprint density at radius 3 is 2.79 bits per heavy atom. The van der Waals surface area contributed by atoms with Crippen molar-refractivity contribution in [1.29, 1.82) is 0 Å². The number of aliphatic imine (C=N–C) groups is 1. The molecule has 1 fully saturated rings. The summed E-state index contributed by atoms with van der Waals surface area (Å²) in [7, 11) is 0. The van der Waals surface area contributed by atoms with Crippen LogP contribution in [0.4, 0.5) is 0 Å². The number of ether oxygens (including phenoxy) is 1. The fourth-order valence-corrected chi connectivity index (χ4v) is 2.11. The second-order valence-corrected chi connectivity index (χ2v) is 4.94. The molecule has 1 aliphatic rings. The lowest BCUT2D eigenvalue weighted by atomic mass is 10.2. The summed E-state index contributed by atoms with van der Waals surface area (Å²) in [4.78, 5) is 16.4. The summed E-state index contributed by atoms with van der Waals surface area (Å²) in [6.07, 6.45) is 4.12. The molecule has 0 saturated heterocycles. The average Bonchev–Trinajstić information content (AvgIpc) is 3.13. The molecular formula is C15H16ClNO2. The monoisotopic (exact) mass is 277 g/mol. The zero-order valence-electron chi connectivity index (χ0n) is 10.8. The number of nitrogens with zero attached hydrogens (tertiary/aromatic N) is 1. The van der Waals surface area contributed by atoms with Crippen LogP contribution < -0.4 is 0 Å². The van der Waals surface area contributed by atoms with Gasteiger partial charge in [-0.15, -0.1) is 6.58 Å². The van der Waals surface area contributed by atoms with E-state index in [1.165, 1.54) is 0 Å². The number of rotatable bonds is 5. The average molecular weight is 278 g/mol. The molecule has 100 valence electrons. The van der Waals surface area contributed by atoms with E-state index in [9.17, 15) is 4.79 Å². The van der Waals surface area contributed by atoms with Crippen LogP contribution in [-0.4, -0.2) is 24.3 Å². The van der Waals surface area contributed by atoms with Crippen molar-refractivity contribution in [3.05, 3.63) is 47.5 Å². The molecule has 3 nitrogen and oxygen atoms in total. The van der Waals surface area contributed by atoms with Gasteiger partial charge in [-0.05, 0) is 31.0 Å². The standard InChI is InChI=1S/C15H16ClNO2/c1-3-12-9-15(12,14(18)19-4-2)17-10-11-5-7-13(16)8-6-11/h3,5-8,10,12H,1,4,9H2,2H3/b17-10+/t12-,15-/m0/s1. The van der Waals surface area contributed by atoms with Gasteiger partial charge in [-0.1, -0.05) is 29.8 Å². The zero-order chi connectivity index (χ0) is 13.9. The maximum atomic E-state index is 12.0. The summed E-state index contributed by atoms with van der Waals surface area (Å²) >= 11 is 5.82. The molecule has 0 heterocycles. The predicted octanol–water partition coefficient (Wildman–Crippen LogP) is 3.27. The van der Waals surface area contributed by atoms with Crippen LogP contribution in [0.25, 0.3) is 0 Å². The highest BCUT2D eigenvalue weighted by atomic mass is 35.5. The molecule has 0 radical (unpaired) electrons. The maximum absolute atomic E-state index is 12.0. The Kier molecular flexibility index (Phi) is 4.05. The number of hydrogen-bond donors (Lipinski definition) is 0. The fourth-order valence-electron chi connectivity index (χ4n) is 1.99. The predicted molar refractivity (Wildman–Crippen MR) is 76.7 cm³/mol. The Morgan fingerprint density at radius 2 is 2.26 bits per heavy atom. The molecule has 4 heteroatoms. The molecular weight excluding hydrogens is 262 g/mol. The van der Waals surface area contributed by atoms with Crippen molar-refractivity contribution in [3.63, 3.8) is 0 Å². The highest BCUT2D eigenvalue weighted by Gasteiger charge is 2.60. The molecule has 1 aromatic rings. The highest BCUT2D eigenvalue weighted by Crippen LogP contribution is 2.48. The van der Waals surface area contributed by atoms with Gasteiger partial charge in [0.05, 0.1) is 6.61 Å². The van der Waals surface area contributed by atoms with E-state index in [0.717, 1.165) is 5.56 Å². The van der Waals surface area contributed by atoms with Gasteiger partial charge in [-0.3, -0.25) is 4.99 Å². The van der Waals surface area contributed by atoms with Crippen molar-refractivity contribution < 1.29 is 9.53 Å². The smallest absolute Gasteiger partial charge is 0.334 e. The Balaban J connectivity index is 2.16. The van der Waals surface area contributed by atoms with Crippen LogP contribution in [0.1, 0.15) is 18.9 Å². The van der Waals surface area contributed by atoms with Crippen molar-refractivity contribution in [3.8, 4) is 0 Å². The van der Waals surface area contributed by atoms with E-state index in [0.29, 0.717) is 18.1 Å². The molecule has 2 rings (SSSR count). The summed E-state index contributed by atoms with van der Waals surface area (Å²) in [6.45, 7) is 5.88. The second-order valence-electron chi connectivity index (χ2n) is 4.50. The molecule has 19 heavy (non-hydrogen) atoms. The van der Waals surface area contributed by atoms with E-state index in [1.807, 2.05) is 12.1 Å². The minimum absolute atomic E-state index is 0.0649. The summed E-state index contributed by atoms with van der Waals surface area (Å²) in [5.41, 5.74) is 0.139. The third kappa shape index (κ3) is 2.87. The van der Waals surface area contributed by atoms with Gasteiger partial charge in [-0.25, -0.2) is 4.79 Å². The lowest BCUT2D eigenvalue weighted by Gasteiger charge is -2.10. The largest absolute Gasteiger partial charge is 0.464 e. The Morgan fingerprint density at radius 1 is 1.58 bits per heavy atom. The Bertz CT molecular complexity index is 509. The number of benzene rings is 1. The molecule has 0 aromatic heterocycles. The molecule has 0 amide bonds. The number of carbonyl (C=O) groups is 1. The molecule has 2 atom stereocenters. The topological polar surface area (TPSA) is 38.7 Å². The van der Waals surface area contributed by atoms with E-state index in [-0.39, 0.29) is 11.9 Å². The Hall–Kier alpha value is -1.61. The SMILES string of the molecule is C=C[C@H]1C[C@@]1(/N=C/c1ccc(Cl)cc1)C(=O)OCC.